The summed E-state index contributed by atoms with van der Waals surface area (Å²) in [6, 6.07) is 6.90. The van der Waals surface area contributed by atoms with Crippen LogP contribution in [0.1, 0.15) is 12.0 Å². The van der Waals surface area contributed by atoms with Crippen molar-refractivity contribution in [2.24, 2.45) is 5.11 Å². The lowest BCUT2D eigenvalue weighted by Crippen LogP contribution is -1.74. The third kappa shape index (κ3) is 3.65. The molecule has 1 N–H and O–H groups in total. The summed E-state index contributed by atoms with van der Waals surface area (Å²) in [5.74, 6) is 0.260. The van der Waals surface area contributed by atoms with Crippen LogP contribution in [0.2, 0.25) is 0 Å². The number of phenolic OH excluding ortho intramolecular Hbond substituents is 1. The first-order chi connectivity index (χ1) is 6.83. The summed E-state index contributed by atoms with van der Waals surface area (Å²) in [7, 11) is 0. The predicted molar refractivity (Wildman–Crippen MR) is 55.8 cm³/mol. The van der Waals surface area contributed by atoms with E-state index in [1.807, 2.05) is 24.3 Å². The number of rotatable bonds is 4. The van der Waals surface area contributed by atoms with Crippen LogP contribution in [0.15, 0.2) is 35.5 Å². The summed E-state index contributed by atoms with van der Waals surface area (Å²) in [6.07, 6.45) is 4.58. The quantitative estimate of drug-likeness (QED) is 0.336. The van der Waals surface area contributed by atoms with Crippen molar-refractivity contribution in [2.75, 3.05) is 6.54 Å². The first-order valence-electron chi connectivity index (χ1n) is 4.29. The van der Waals surface area contributed by atoms with Gasteiger partial charge in [-0.2, -0.15) is 0 Å². The lowest BCUT2D eigenvalue weighted by molar-refractivity contribution is 0.475. The lowest BCUT2D eigenvalue weighted by atomic mass is 10.2. The predicted octanol–water partition coefficient (Wildman–Crippen LogP) is 3.11. The molecule has 14 heavy (non-hydrogen) atoms. The van der Waals surface area contributed by atoms with Gasteiger partial charge < -0.3 is 5.11 Å². The molecule has 0 radical (unpaired) electrons. The Bertz CT molecular complexity index is 350. The first-order valence-corrected chi connectivity index (χ1v) is 4.29. The Hall–Kier alpha value is -1.93. The Balaban J connectivity index is 2.43. The summed E-state index contributed by atoms with van der Waals surface area (Å²) in [6.45, 7) is 0.477. The van der Waals surface area contributed by atoms with Crippen molar-refractivity contribution >= 4 is 6.08 Å². The zero-order valence-corrected chi connectivity index (χ0v) is 7.67. The van der Waals surface area contributed by atoms with Crippen molar-refractivity contribution in [3.8, 4) is 5.75 Å². The van der Waals surface area contributed by atoms with Crippen LogP contribution >= 0.6 is 0 Å². The number of phenols is 1. The Morgan fingerprint density at radius 1 is 1.36 bits per heavy atom. The number of hydrogen-bond donors (Lipinski definition) is 1. The van der Waals surface area contributed by atoms with E-state index in [1.54, 1.807) is 12.1 Å². The third-order valence-electron chi connectivity index (χ3n) is 1.66. The highest BCUT2D eigenvalue weighted by Crippen LogP contribution is 2.10. The van der Waals surface area contributed by atoms with Gasteiger partial charge in [0.2, 0.25) is 0 Å². The van der Waals surface area contributed by atoms with Crippen molar-refractivity contribution in [1.29, 1.82) is 0 Å². The minimum atomic E-state index is 0.260. The molecule has 0 amide bonds. The van der Waals surface area contributed by atoms with E-state index in [0.29, 0.717) is 6.54 Å². The lowest BCUT2D eigenvalue weighted by Gasteiger charge is -1.93. The molecule has 0 saturated carbocycles. The Labute approximate surface area is 82.1 Å². The molecule has 0 aliphatic heterocycles. The van der Waals surface area contributed by atoms with Crippen molar-refractivity contribution in [2.45, 2.75) is 6.42 Å². The summed E-state index contributed by atoms with van der Waals surface area (Å²) in [5.41, 5.74) is 9.04. The van der Waals surface area contributed by atoms with Crippen LogP contribution in [-0.4, -0.2) is 11.7 Å². The maximum atomic E-state index is 9.02. The molecule has 1 rings (SSSR count). The highest BCUT2D eigenvalue weighted by atomic mass is 16.3. The Morgan fingerprint density at radius 2 is 2.07 bits per heavy atom. The molecule has 0 fully saturated rings. The molecule has 0 aliphatic rings. The summed E-state index contributed by atoms with van der Waals surface area (Å²) < 4.78 is 0. The minimum absolute atomic E-state index is 0.260. The molecule has 4 nitrogen and oxygen atoms in total. The van der Waals surface area contributed by atoms with Crippen molar-refractivity contribution in [3.63, 3.8) is 0 Å². The van der Waals surface area contributed by atoms with Gasteiger partial charge in [-0.1, -0.05) is 29.4 Å². The standard InChI is InChI=1S/C10H11N3O/c11-13-12-8-2-1-3-9-4-6-10(14)7-5-9/h1,3-7,14H,2,8H2. The zero-order valence-electron chi connectivity index (χ0n) is 7.67. The molecule has 0 aliphatic carbocycles. The molecule has 0 atom stereocenters. The van der Waals surface area contributed by atoms with Crippen molar-refractivity contribution in [3.05, 3.63) is 46.3 Å². The van der Waals surface area contributed by atoms with Gasteiger partial charge in [0.15, 0.2) is 0 Å². The Kier molecular flexibility index (Phi) is 4.11. The molecule has 0 spiro atoms. The number of hydrogen-bond acceptors (Lipinski definition) is 2. The molecule has 1 aromatic carbocycles. The maximum Gasteiger partial charge on any atom is 0.115 e. The molecule has 0 unspecified atom stereocenters. The molecular weight excluding hydrogens is 178 g/mol. The zero-order chi connectivity index (χ0) is 10.2. The van der Waals surface area contributed by atoms with Crippen LogP contribution in [-0.2, 0) is 0 Å². The van der Waals surface area contributed by atoms with Gasteiger partial charge in [0, 0.05) is 11.5 Å². The van der Waals surface area contributed by atoms with Gasteiger partial charge in [0.05, 0.1) is 0 Å². The molecule has 1 aromatic rings. The van der Waals surface area contributed by atoms with E-state index in [1.165, 1.54) is 0 Å². The number of benzene rings is 1. The van der Waals surface area contributed by atoms with Crippen molar-refractivity contribution in [1.82, 2.24) is 0 Å². The van der Waals surface area contributed by atoms with Crippen molar-refractivity contribution < 1.29 is 5.11 Å². The third-order valence-corrected chi connectivity index (χ3v) is 1.66. The summed E-state index contributed by atoms with van der Waals surface area (Å²) in [4.78, 5) is 2.65. The van der Waals surface area contributed by atoms with E-state index in [-0.39, 0.29) is 5.75 Å². The maximum absolute atomic E-state index is 9.02. The molecule has 0 heterocycles. The fourth-order valence-corrected chi connectivity index (χ4v) is 0.982. The smallest absolute Gasteiger partial charge is 0.115 e. The average Bonchev–Trinajstić information content (AvgIpc) is 2.21. The summed E-state index contributed by atoms with van der Waals surface area (Å²) in [5, 5.41) is 12.4. The topological polar surface area (TPSA) is 69.0 Å². The minimum Gasteiger partial charge on any atom is -0.508 e. The van der Waals surface area contributed by atoms with Crippen LogP contribution in [0.4, 0.5) is 0 Å². The van der Waals surface area contributed by atoms with E-state index >= 15 is 0 Å². The fraction of sp³-hybridized carbons (Fsp3) is 0.200. The fourth-order valence-electron chi connectivity index (χ4n) is 0.982. The van der Waals surface area contributed by atoms with Gasteiger partial charge >= 0.3 is 0 Å². The van der Waals surface area contributed by atoms with Gasteiger partial charge in [-0.3, -0.25) is 0 Å². The monoisotopic (exact) mass is 189 g/mol. The van der Waals surface area contributed by atoms with E-state index in [9.17, 15) is 0 Å². The summed E-state index contributed by atoms with van der Waals surface area (Å²) >= 11 is 0. The van der Waals surface area contributed by atoms with Crippen LogP contribution < -0.4 is 0 Å². The molecule has 0 saturated heterocycles. The normalized spacial score (nSPS) is 10.0. The van der Waals surface area contributed by atoms with Gasteiger partial charge in [0.25, 0.3) is 0 Å². The highest BCUT2D eigenvalue weighted by Gasteiger charge is 1.86. The number of aromatic hydroxyl groups is 1. The van der Waals surface area contributed by atoms with Crippen LogP contribution in [0.3, 0.4) is 0 Å². The molecule has 4 heteroatoms. The van der Waals surface area contributed by atoms with E-state index in [0.717, 1.165) is 12.0 Å². The van der Waals surface area contributed by atoms with Gasteiger partial charge in [-0.05, 0) is 29.6 Å². The van der Waals surface area contributed by atoms with E-state index in [4.69, 9.17) is 10.6 Å². The Morgan fingerprint density at radius 3 is 2.71 bits per heavy atom. The number of nitrogens with zero attached hydrogens (tertiary/aromatic N) is 3. The first kappa shape index (κ1) is 10.2. The average molecular weight is 189 g/mol. The van der Waals surface area contributed by atoms with Gasteiger partial charge in [0.1, 0.15) is 5.75 Å². The second-order valence-electron chi connectivity index (χ2n) is 2.74. The molecule has 72 valence electrons. The van der Waals surface area contributed by atoms with E-state index < -0.39 is 0 Å². The molecule has 0 bridgehead atoms. The van der Waals surface area contributed by atoms with Crippen LogP contribution in [0.25, 0.3) is 16.5 Å². The van der Waals surface area contributed by atoms with Gasteiger partial charge in [-0.15, -0.1) is 0 Å². The molecule has 0 aromatic heterocycles. The van der Waals surface area contributed by atoms with Crippen LogP contribution in [0, 0.1) is 0 Å². The second kappa shape index (κ2) is 5.67. The molecular formula is C10H11N3O. The van der Waals surface area contributed by atoms with Gasteiger partial charge in [-0.25, -0.2) is 0 Å². The van der Waals surface area contributed by atoms with Crippen LogP contribution in [0.5, 0.6) is 5.75 Å². The highest BCUT2D eigenvalue weighted by molar-refractivity contribution is 5.50. The number of azide groups is 1. The van der Waals surface area contributed by atoms with E-state index in [2.05, 4.69) is 10.0 Å². The second-order valence-corrected chi connectivity index (χ2v) is 2.74. The largest absolute Gasteiger partial charge is 0.508 e. The SMILES string of the molecule is [N-]=[N+]=NCCC=Cc1ccc(O)cc1.